The minimum atomic E-state index is -1.26. The molecule has 1 fully saturated rings. The first-order valence-corrected chi connectivity index (χ1v) is 19.7. The van der Waals surface area contributed by atoms with Crippen molar-refractivity contribution in [3.8, 4) is 0 Å². The molecule has 9 atom stereocenters. The molecule has 0 aromatic heterocycles. The van der Waals surface area contributed by atoms with Gasteiger partial charge in [-0.1, -0.05) is 84.2 Å². The average molecular weight is 801 g/mol. The summed E-state index contributed by atoms with van der Waals surface area (Å²) in [4.78, 5) is 70.5. The third kappa shape index (κ3) is 12.3. The predicted octanol–water partition coefficient (Wildman–Crippen LogP) is 4.41. The van der Waals surface area contributed by atoms with Crippen molar-refractivity contribution in [2.75, 3.05) is 34.9 Å². The van der Waals surface area contributed by atoms with E-state index in [4.69, 9.17) is 32.7 Å². The number of likely N-dealkylation sites (tertiary alicyclic amines) is 1. The molecule has 0 aliphatic carbocycles. The van der Waals surface area contributed by atoms with E-state index in [9.17, 15) is 29.1 Å². The Hall–Kier alpha value is -2.97. The van der Waals surface area contributed by atoms with Gasteiger partial charge in [0.25, 0.3) is 0 Å². The Morgan fingerprint density at radius 3 is 2.09 bits per heavy atom. The summed E-state index contributed by atoms with van der Waals surface area (Å²) in [7, 11) is 6.40. The zero-order valence-corrected chi connectivity index (χ0v) is 35.3. The Morgan fingerprint density at radius 1 is 0.963 bits per heavy atom. The number of benzene rings is 1. The molecule has 4 amide bonds. The molecule has 6 unspecified atom stereocenters. The fraction of sp³-hybridized carbons (Fsp3) is 0.718. The molecule has 0 radical (unpaired) electrons. The third-order valence-electron chi connectivity index (χ3n) is 10.8. The lowest BCUT2D eigenvalue weighted by Gasteiger charge is -2.41. The number of methoxy groups -OCH3 is 2. The molecule has 0 saturated carbocycles. The molecular weight excluding hydrogens is 737 g/mol. The first kappa shape index (κ1) is 47.2. The molecule has 0 spiro atoms. The van der Waals surface area contributed by atoms with E-state index in [1.807, 2.05) is 41.5 Å². The Balaban J connectivity index is 2.28. The number of likely N-dealkylation sites (N-methyl/N-ethyl adjacent to an activating group) is 2. The SMILES string of the molecule is CCC(C)C(C(CC(=O)N1CCC[C@H]1C(OC)C(C)C(=O)NC(Cc1ccc(Cl)cc1Cl)C(=O)O)OC)N(C)C(=O)[C@@H](NC(=O)[C@@H](NC)C(C)C)C(C)C. The molecule has 15 heteroatoms. The van der Waals surface area contributed by atoms with Gasteiger partial charge in [0.15, 0.2) is 0 Å². The summed E-state index contributed by atoms with van der Waals surface area (Å²) >= 11 is 12.3. The van der Waals surface area contributed by atoms with Crippen molar-refractivity contribution in [2.24, 2.45) is 23.7 Å². The van der Waals surface area contributed by atoms with E-state index in [0.717, 1.165) is 0 Å². The van der Waals surface area contributed by atoms with Gasteiger partial charge in [0, 0.05) is 44.3 Å². The van der Waals surface area contributed by atoms with Crippen molar-refractivity contribution in [2.45, 2.75) is 123 Å². The molecule has 54 heavy (non-hydrogen) atoms. The number of carboxylic acid groups (broad SMARTS) is 1. The second-order valence-corrected chi connectivity index (χ2v) is 16.0. The van der Waals surface area contributed by atoms with E-state index in [1.54, 1.807) is 43.0 Å². The van der Waals surface area contributed by atoms with Gasteiger partial charge >= 0.3 is 5.97 Å². The lowest BCUT2D eigenvalue weighted by atomic mass is 9.89. The highest BCUT2D eigenvalue weighted by Crippen LogP contribution is 2.30. The summed E-state index contributed by atoms with van der Waals surface area (Å²) in [5.74, 6) is -3.56. The Bertz CT molecular complexity index is 1430. The molecule has 306 valence electrons. The van der Waals surface area contributed by atoms with Crippen molar-refractivity contribution >= 4 is 52.8 Å². The molecule has 1 heterocycles. The van der Waals surface area contributed by atoms with Crippen LogP contribution in [-0.2, 0) is 39.9 Å². The maximum absolute atomic E-state index is 14.2. The van der Waals surface area contributed by atoms with Crippen LogP contribution in [0.1, 0.15) is 79.7 Å². The average Bonchev–Trinajstić information content (AvgIpc) is 3.60. The van der Waals surface area contributed by atoms with Crippen LogP contribution >= 0.6 is 23.2 Å². The van der Waals surface area contributed by atoms with Crippen LogP contribution in [0.3, 0.4) is 0 Å². The molecule has 1 aliphatic heterocycles. The number of halogens is 2. The molecule has 2 rings (SSSR count). The number of carboxylic acids is 1. The Morgan fingerprint density at radius 2 is 1.59 bits per heavy atom. The molecular formula is C39H63Cl2N5O8. The quantitative estimate of drug-likeness (QED) is 0.141. The normalized spacial score (nSPS) is 19.0. The van der Waals surface area contributed by atoms with E-state index in [2.05, 4.69) is 16.0 Å². The monoisotopic (exact) mass is 799 g/mol. The van der Waals surface area contributed by atoms with Crippen LogP contribution in [0.2, 0.25) is 10.0 Å². The van der Waals surface area contributed by atoms with Crippen molar-refractivity contribution in [3.63, 3.8) is 0 Å². The Labute approximate surface area is 331 Å². The summed E-state index contributed by atoms with van der Waals surface area (Å²) in [5, 5.41) is 19.3. The molecule has 1 aromatic carbocycles. The zero-order chi connectivity index (χ0) is 41.0. The van der Waals surface area contributed by atoms with E-state index in [0.29, 0.717) is 41.4 Å². The topological polar surface area (TPSA) is 167 Å². The van der Waals surface area contributed by atoms with E-state index >= 15 is 0 Å². The van der Waals surface area contributed by atoms with Gasteiger partial charge in [-0.3, -0.25) is 19.2 Å². The number of amides is 4. The van der Waals surface area contributed by atoms with Crippen LogP contribution in [0.25, 0.3) is 0 Å². The smallest absolute Gasteiger partial charge is 0.326 e. The lowest BCUT2D eigenvalue weighted by Crippen LogP contribution is -2.59. The number of rotatable bonds is 21. The van der Waals surface area contributed by atoms with Gasteiger partial charge < -0.3 is 40.3 Å². The number of carbonyl (C=O) groups is 5. The standard InChI is InChI=1S/C39H63Cl2N5O8/c1-12-23(6)34(45(9)38(50)33(22(4)5)44-37(49)32(42-8)21(2)3)30(53-10)20-31(47)46-17-13-14-29(46)35(54-11)24(7)36(48)43-28(39(51)52)18-25-15-16-26(40)19-27(25)41/h15-16,19,21-24,28-30,32-35,42H,12-14,17-18,20H2,1-11H3,(H,43,48)(H,44,49)(H,51,52)/t23?,24?,28?,29-,30?,32-,33-,34?,35?/m0/s1. The number of hydrogen-bond donors (Lipinski definition) is 4. The summed E-state index contributed by atoms with van der Waals surface area (Å²) in [5.41, 5.74) is 0.519. The number of nitrogens with one attached hydrogen (secondary N) is 3. The summed E-state index contributed by atoms with van der Waals surface area (Å²) in [6.45, 7) is 13.7. The number of aliphatic carboxylic acids is 1. The molecule has 1 saturated heterocycles. The molecule has 13 nitrogen and oxygen atoms in total. The van der Waals surface area contributed by atoms with E-state index < -0.39 is 60.2 Å². The highest BCUT2D eigenvalue weighted by molar-refractivity contribution is 6.35. The van der Waals surface area contributed by atoms with E-state index in [-0.39, 0.29) is 48.3 Å². The summed E-state index contributed by atoms with van der Waals surface area (Å²) in [6, 6.07) is 1.26. The van der Waals surface area contributed by atoms with E-state index in [1.165, 1.54) is 20.3 Å². The summed E-state index contributed by atoms with van der Waals surface area (Å²) in [6.07, 6.45) is 0.468. The molecule has 1 aromatic rings. The van der Waals surface area contributed by atoms with Crippen molar-refractivity contribution in [1.29, 1.82) is 0 Å². The lowest BCUT2D eigenvalue weighted by molar-refractivity contribution is -0.148. The number of hydrogen-bond acceptors (Lipinski definition) is 8. The fourth-order valence-electron chi connectivity index (χ4n) is 7.46. The summed E-state index contributed by atoms with van der Waals surface area (Å²) < 4.78 is 11.8. The van der Waals surface area contributed by atoms with Gasteiger partial charge in [-0.25, -0.2) is 4.79 Å². The van der Waals surface area contributed by atoms with Crippen LogP contribution in [-0.4, -0.2) is 122 Å². The second-order valence-electron chi connectivity index (χ2n) is 15.2. The van der Waals surface area contributed by atoms with Crippen LogP contribution in [0.15, 0.2) is 18.2 Å². The van der Waals surface area contributed by atoms with Gasteiger partial charge in [-0.2, -0.15) is 0 Å². The minimum absolute atomic E-state index is 0.0123. The van der Waals surface area contributed by atoms with Gasteiger partial charge in [-0.05, 0) is 55.3 Å². The van der Waals surface area contributed by atoms with Gasteiger partial charge in [0.05, 0.1) is 42.7 Å². The highest BCUT2D eigenvalue weighted by Gasteiger charge is 2.43. The van der Waals surface area contributed by atoms with Crippen LogP contribution < -0.4 is 16.0 Å². The van der Waals surface area contributed by atoms with Gasteiger partial charge in [0.1, 0.15) is 12.1 Å². The van der Waals surface area contributed by atoms with Gasteiger partial charge in [0.2, 0.25) is 23.6 Å². The largest absolute Gasteiger partial charge is 0.480 e. The second kappa shape index (κ2) is 21.9. The number of carbonyl (C=O) groups excluding carboxylic acids is 4. The minimum Gasteiger partial charge on any atom is -0.480 e. The fourth-order valence-corrected chi connectivity index (χ4v) is 7.95. The zero-order valence-electron chi connectivity index (χ0n) is 33.8. The molecule has 1 aliphatic rings. The first-order chi connectivity index (χ1) is 25.3. The highest BCUT2D eigenvalue weighted by atomic mass is 35.5. The number of ether oxygens (including phenoxy) is 2. The van der Waals surface area contributed by atoms with Crippen LogP contribution in [0, 0.1) is 23.7 Å². The van der Waals surface area contributed by atoms with Crippen LogP contribution in [0.4, 0.5) is 0 Å². The van der Waals surface area contributed by atoms with Crippen molar-refractivity contribution in [1.82, 2.24) is 25.8 Å². The third-order valence-corrected chi connectivity index (χ3v) is 11.4. The number of nitrogens with zero attached hydrogens (tertiary/aromatic N) is 2. The predicted molar refractivity (Wildman–Crippen MR) is 210 cm³/mol. The molecule has 4 N–H and O–H groups in total. The maximum Gasteiger partial charge on any atom is 0.326 e. The van der Waals surface area contributed by atoms with Crippen molar-refractivity contribution < 1.29 is 38.6 Å². The van der Waals surface area contributed by atoms with Gasteiger partial charge in [-0.15, -0.1) is 0 Å². The maximum atomic E-state index is 14.2. The molecule has 0 bridgehead atoms. The Kier molecular flexibility index (Phi) is 19.2. The first-order valence-electron chi connectivity index (χ1n) is 18.9. The van der Waals surface area contributed by atoms with Crippen molar-refractivity contribution in [3.05, 3.63) is 33.8 Å². The van der Waals surface area contributed by atoms with Crippen LogP contribution in [0.5, 0.6) is 0 Å².